The summed E-state index contributed by atoms with van der Waals surface area (Å²) in [5, 5.41) is 2.99. The zero-order valence-corrected chi connectivity index (χ0v) is 13.1. The van der Waals surface area contributed by atoms with Crippen molar-refractivity contribution >= 4 is 17.3 Å². The van der Waals surface area contributed by atoms with E-state index in [0.717, 1.165) is 47.6 Å². The average molecular weight is 295 g/mol. The zero-order chi connectivity index (χ0) is 15.5. The van der Waals surface area contributed by atoms with Crippen LogP contribution in [0.2, 0.25) is 0 Å². The normalized spacial score (nSPS) is 14.1. The molecule has 114 valence electrons. The Morgan fingerprint density at radius 2 is 2.05 bits per heavy atom. The number of amides is 1. The van der Waals surface area contributed by atoms with Gasteiger partial charge in [-0.05, 0) is 13.3 Å². The molecule has 4 heteroatoms. The van der Waals surface area contributed by atoms with Crippen LogP contribution in [0.1, 0.15) is 36.6 Å². The number of aromatic nitrogens is 1. The van der Waals surface area contributed by atoms with Crippen LogP contribution in [0, 0.1) is 6.92 Å². The molecule has 1 amide bonds. The lowest BCUT2D eigenvalue weighted by Gasteiger charge is -2.09. The Morgan fingerprint density at radius 3 is 2.77 bits per heavy atom. The second-order valence-corrected chi connectivity index (χ2v) is 5.63. The zero-order valence-electron chi connectivity index (χ0n) is 13.1. The third-order valence-corrected chi connectivity index (χ3v) is 4.04. The Labute approximate surface area is 130 Å². The molecule has 2 aromatic rings. The van der Waals surface area contributed by atoms with E-state index in [4.69, 9.17) is 0 Å². The minimum absolute atomic E-state index is 0.0557. The van der Waals surface area contributed by atoms with Crippen molar-refractivity contribution in [3.05, 3.63) is 53.3 Å². The van der Waals surface area contributed by atoms with Crippen molar-refractivity contribution in [3.63, 3.8) is 0 Å². The first-order valence-corrected chi connectivity index (χ1v) is 7.80. The summed E-state index contributed by atoms with van der Waals surface area (Å²) in [6, 6.07) is 10.1. The number of anilines is 1. The number of aliphatic imine (C=N–C) groups is 1. The molecule has 0 spiro atoms. The summed E-state index contributed by atoms with van der Waals surface area (Å²) in [5.41, 5.74) is 5.04. The lowest BCUT2D eigenvalue weighted by molar-refractivity contribution is -0.114. The van der Waals surface area contributed by atoms with Crippen molar-refractivity contribution in [2.24, 2.45) is 4.99 Å². The molecule has 1 aromatic heterocycles. The van der Waals surface area contributed by atoms with Gasteiger partial charge in [0, 0.05) is 29.6 Å². The van der Waals surface area contributed by atoms with E-state index in [2.05, 4.69) is 28.7 Å². The van der Waals surface area contributed by atoms with Crippen molar-refractivity contribution in [2.75, 3.05) is 11.9 Å². The molecule has 0 radical (unpaired) electrons. The number of benzene rings is 1. The number of fused-ring (bicyclic) bond motifs is 1. The van der Waals surface area contributed by atoms with Crippen molar-refractivity contribution in [1.82, 2.24) is 4.57 Å². The van der Waals surface area contributed by atoms with Crippen molar-refractivity contribution in [1.29, 1.82) is 0 Å². The van der Waals surface area contributed by atoms with E-state index in [9.17, 15) is 4.79 Å². The summed E-state index contributed by atoms with van der Waals surface area (Å²) in [5.74, 6) is -0.0557. The van der Waals surface area contributed by atoms with Gasteiger partial charge in [0.25, 0.3) is 0 Å². The molecule has 1 N–H and O–H groups in total. The maximum Gasteiger partial charge on any atom is 0.246 e. The molecule has 22 heavy (non-hydrogen) atoms. The SMILES string of the molecule is CCCCn1cc2c(c1C)C(c1ccccc1)=NCC(=O)N2. The van der Waals surface area contributed by atoms with Crippen molar-refractivity contribution in [2.45, 2.75) is 33.2 Å². The molecule has 3 rings (SSSR count). The molecule has 1 aromatic carbocycles. The highest BCUT2D eigenvalue weighted by Gasteiger charge is 2.23. The van der Waals surface area contributed by atoms with Crippen LogP contribution in [0.25, 0.3) is 0 Å². The van der Waals surface area contributed by atoms with Crippen LogP contribution in [0.4, 0.5) is 5.69 Å². The van der Waals surface area contributed by atoms with Crippen molar-refractivity contribution in [3.8, 4) is 0 Å². The average Bonchev–Trinajstić information content (AvgIpc) is 2.73. The summed E-state index contributed by atoms with van der Waals surface area (Å²) >= 11 is 0. The van der Waals surface area contributed by atoms with Gasteiger partial charge in [-0.3, -0.25) is 9.79 Å². The highest BCUT2D eigenvalue weighted by molar-refractivity contribution is 6.19. The first kappa shape index (κ1) is 14.6. The molecule has 1 aliphatic heterocycles. The molecule has 0 aliphatic carbocycles. The minimum Gasteiger partial charge on any atom is -0.349 e. The van der Waals surface area contributed by atoms with Gasteiger partial charge in [0.15, 0.2) is 0 Å². The first-order chi connectivity index (χ1) is 10.7. The number of carbonyl (C=O) groups excluding carboxylic acids is 1. The standard InChI is InChI=1S/C18H21N3O/c1-3-4-10-21-12-15-17(13(21)2)18(19-11-16(22)20-15)14-8-6-5-7-9-14/h5-9,12H,3-4,10-11H2,1-2H3,(H,20,22). The highest BCUT2D eigenvalue weighted by Crippen LogP contribution is 2.28. The Bertz CT molecular complexity index is 713. The van der Waals surface area contributed by atoms with E-state index in [-0.39, 0.29) is 12.5 Å². The Kier molecular flexibility index (Phi) is 4.09. The second-order valence-electron chi connectivity index (χ2n) is 5.63. The number of carbonyl (C=O) groups is 1. The maximum atomic E-state index is 11.9. The molecule has 0 unspecified atom stereocenters. The fraction of sp³-hybridized carbons (Fsp3) is 0.333. The molecule has 0 saturated heterocycles. The smallest absolute Gasteiger partial charge is 0.246 e. The largest absolute Gasteiger partial charge is 0.349 e. The van der Waals surface area contributed by atoms with Crippen LogP contribution in [-0.2, 0) is 11.3 Å². The van der Waals surface area contributed by atoms with E-state index in [1.807, 2.05) is 36.5 Å². The quantitative estimate of drug-likeness (QED) is 0.923. The lowest BCUT2D eigenvalue weighted by atomic mass is 10.0. The summed E-state index contributed by atoms with van der Waals surface area (Å²) in [4.78, 5) is 16.5. The fourth-order valence-electron chi connectivity index (χ4n) is 2.86. The third kappa shape index (κ3) is 2.69. The topological polar surface area (TPSA) is 46.4 Å². The molecule has 0 atom stereocenters. The number of aryl methyl sites for hydroxylation is 1. The van der Waals surface area contributed by atoms with Crippen LogP contribution in [-0.4, -0.2) is 22.7 Å². The van der Waals surface area contributed by atoms with Crippen LogP contribution in [0.5, 0.6) is 0 Å². The number of rotatable bonds is 4. The van der Waals surface area contributed by atoms with Crippen LogP contribution >= 0.6 is 0 Å². The first-order valence-electron chi connectivity index (χ1n) is 7.80. The van der Waals surface area contributed by atoms with Gasteiger partial charge < -0.3 is 9.88 Å². The number of unbranched alkanes of at least 4 members (excludes halogenated alkanes) is 1. The van der Waals surface area contributed by atoms with Gasteiger partial charge in [0.1, 0.15) is 6.54 Å². The van der Waals surface area contributed by atoms with Crippen LogP contribution in [0.15, 0.2) is 41.5 Å². The van der Waals surface area contributed by atoms with Gasteiger partial charge >= 0.3 is 0 Å². The predicted octanol–water partition coefficient (Wildman–Crippen LogP) is 3.39. The molecule has 1 aliphatic rings. The number of hydrogen-bond donors (Lipinski definition) is 1. The monoisotopic (exact) mass is 295 g/mol. The number of nitrogens with one attached hydrogen (secondary N) is 1. The molecule has 0 fully saturated rings. The summed E-state index contributed by atoms with van der Waals surface area (Å²) < 4.78 is 2.22. The second kappa shape index (κ2) is 6.18. The number of hydrogen-bond acceptors (Lipinski definition) is 2. The van der Waals surface area contributed by atoms with Gasteiger partial charge in [0.05, 0.1) is 11.4 Å². The summed E-state index contributed by atoms with van der Waals surface area (Å²) in [7, 11) is 0. The van der Waals surface area contributed by atoms with Gasteiger partial charge in [-0.15, -0.1) is 0 Å². The molecular formula is C18H21N3O. The summed E-state index contributed by atoms with van der Waals surface area (Å²) in [6.45, 7) is 5.42. The fourth-order valence-corrected chi connectivity index (χ4v) is 2.86. The Balaban J connectivity index is 2.10. The van der Waals surface area contributed by atoms with E-state index >= 15 is 0 Å². The minimum atomic E-state index is -0.0557. The van der Waals surface area contributed by atoms with Gasteiger partial charge in [-0.25, -0.2) is 0 Å². The number of nitrogens with zero attached hydrogens (tertiary/aromatic N) is 2. The van der Waals surface area contributed by atoms with Gasteiger partial charge in [-0.2, -0.15) is 0 Å². The van der Waals surface area contributed by atoms with Crippen molar-refractivity contribution < 1.29 is 4.79 Å². The lowest BCUT2D eigenvalue weighted by Crippen LogP contribution is -2.13. The van der Waals surface area contributed by atoms with Gasteiger partial charge in [-0.1, -0.05) is 43.7 Å². The molecule has 2 heterocycles. The molecular weight excluding hydrogens is 274 g/mol. The Hall–Kier alpha value is -2.36. The van der Waals surface area contributed by atoms with Crippen LogP contribution < -0.4 is 5.32 Å². The molecule has 0 bridgehead atoms. The Morgan fingerprint density at radius 1 is 1.27 bits per heavy atom. The molecule has 0 saturated carbocycles. The van der Waals surface area contributed by atoms with Crippen LogP contribution in [0.3, 0.4) is 0 Å². The maximum absolute atomic E-state index is 11.9. The van der Waals surface area contributed by atoms with E-state index in [0.29, 0.717) is 0 Å². The third-order valence-electron chi connectivity index (χ3n) is 4.04. The molecule has 4 nitrogen and oxygen atoms in total. The van der Waals surface area contributed by atoms with Gasteiger partial charge in [0.2, 0.25) is 5.91 Å². The van der Waals surface area contributed by atoms with E-state index in [1.165, 1.54) is 0 Å². The predicted molar refractivity (Wildman–Crippen MR) is 89.7 cm³/mol. The van der Waals surface area contributed by atoms with E-state index < -0.39 is 0 Å². The highest BCUT2D eigenvalue weighted by atomic mass is 16.1. The van der Waals surface area contributed by atoms with E-state index in [1.54, 1.807) is 0 Å². The summed E-state index contributed by atoms with van der Waals surface area (Å²) in [6.07, 6.45) is 4.32.